The first kappa shape index (κ1) is 14.6. The van der Waals surface area contributed by atoms with Crippen LogP contribution in [0.15, 0.2) is 48.5 Å². The van der Waals surface area contributed by atoms with E-state index < -0.39 is 6.16 Å². The van der Waals surface area contributed by atoms with Gasteiger partial charge in [0, 0.05) is 0 Å². The van der Waals surface area contributed by atoms with Gasteiger partial charge in [0.1, 0.15) is 11.5 Å². The normalized spacial score (nSPS) is 9.95. The van der Waals surface area contributed by atoms with E-state index in [2.05, 4.69) is 4.74 Å². The number of hydrogen-bond acceptors (Lipinski definition) is 4. The molecule has 5 nitrogen and oxygen atoms in total. The van der Waals surface area contributed by atoms with Crippen LogP contribution in [0.1, 0.15) is 22.8 Å². The number of carbonyl (C=O) groups is 2. The van der Waals surface area contributed by atoms with Crippen LogP contribution < -0.4 is 9.47 Å². The summed E-state index contributed by atoms with van der Waals surface area (Å²) in [5.41, 5.74) is 0.535. The number of ketones is 1. The molecule has 2 aromatic carbocycles. The predicted molar refractivity (Wildman–Crippen MR) is 76.1 cm³/mol. The summed E-state index contributed by atoms with van der Waals surface area (Å²) in [7, 11) is 0. The molecule has 0 heterocycles. The number of ether oxygens (including phenoxy) is 2. The molecule has 0 unspecified atom stereocenters. The van der Waals surface area contributed by atoms with Crippen LogP contribution in [-0.2, 0) is 0 Å². The summed E-state index contributed by atoms with van der Waals surface area (Å²) >= 11 is 0. The molecule has 0 radical (unpaired) electrons. The third-order valence-electron chi connectivity index (χ3n) is 2.76. The van der Waals surface area contributed by atoms with Crippen molar-refractivity contribution in [2.75, 3.05) is 6.61 Å². The van der Waals surface area contributed by atoms with Gasteiger partial charge in [-0.05, 0) is 31.2 Å². The monoisotopic (exact) mass is 286 g/mol. The van der Waals surface area contributed by atoms with Gasteiger partial charge < -0.3 is 14.6 Å². The summed E-state index contributed by atoms with van der Waals surface area (Å²) < 4.78 is 10.1. The van der Waals surface area contributed by atoms with Gasteiger partial charge in [-0.25, -0.2) is 4.79 Å². The highest BCUT2D eigenvalue weighted by atomic mass is 16.7. The molecule has 0 saturated heterocycles. The van der Waals surface area contributed by atoms with Crippen LogP contribution in [0, 0.1) is 0 Å². The average Bonchev–Trinajstić information content (AvgIpc) is 2.47. The summed E-state index contributed by atoms with van der Waals surface area (Å²) in [5, 5.41) is 8.72. The average molecular weight is 286 g/mol. The second kappa shape index (κ2) is 6.56. The minimum Gasteiger partial charge on any atom is -0.493 e. The van der Waals surface area contributed by atoms with Crippen molar-refractivity contribution in [1.82, 2.24) is 0 Å². The fourth-order valence-corrected chi connectivity index (χ4v) is 1.92. The lowest BCUT2D eigenvalue weighted by molar-refractivity contribution is 0.103. The topological polar surface area (TPSA) is 72.8 Å². The quantitative estimate of drug-likeness (QED) is 0.518. The molecule has 0 amide bonds. The zero-order chi connectivity index (χ0) is 15.2. The minimum atomic E-state index is -1.46. The first-order valence-electron chi connectivity index (χ1n) is 6.39. The van der Waals surface area contributed by atoms with Crippen molar-refractivity contribution in [3.63, 3.8) is 0 Å². The molecule has 0 aromatic heterocycles. The highest BCUT2D eigenvalue weighted by Crippen LogP contribution is 2.26. The predicted octanol–water partition coefficient (Wildman–Crippen LogP) is 3.37. The third-order valence-corrected chi connectivity index (χ3v) is 2.76. The molecule has 2 rings (SSSR count). The molecule has 0 atom stereocenters. The molecule has 0 spiro atoms. The maximum atomic E-state index is 12.6. The molecule has 0 bridgehead atoms. The number of para-hydroxylation sites is 2. The molecule has 1 N–H and O–H groups in total. The lowest BCUT2D eigenvalue weighted by Crippen LogP contribution is -2.10. The Morgan fingerprint density at radius 3 is 2.05 bits per heavy atom. The zero-order valence-electron chi connectivity index (χ0n) is 11.4. The van der Waals surface area contributed by atoms with E-state index in [1.165, 1.54) is 12.1 Å². The van der Waals surface area contributed by atoms with Gasteiger partial charge in [0.15, 0.2) is 0 Å². The lowest BCUT2D eigenvalue weighted by atomic mass is 10.0. The first-order valence-corrected chi connectivity index (χ1v) is 6.39. The fourth-order valence-electron chi connectivity index (χ4n) is 1.92. The smallest absolute Gasteiger partial charge is 0.493 e. The fraction of sp³-hybridized carbons (Fsp3) is 0.125. The Morgan fingerprint density at radius 2 is 1.48 bits per heavy atom. The van der Waals surface area contributed by atoms with Crippen molar-refractivity contribution in [1.29, 1.82) is 0 Å². The molecule has 5 heteroatoms. The van der Waals surface area contributed by atoms with Gasteiger partial charge >= 0.3 is 6.16 Å². The van der Waals surface area contributed by atoms with Crippen LogP contribution in [0.3, 0.4) is 0 Å². The van der Waals surface area contributed by atoms with Crippen LogP contribution in [-0.4, -0.2) is 23.7 Å². The molecule has 21 heavy (non-hydrogen) atoms. The van der Waals surface area contributed by atoms with Crippen LogP contribution in [0.25, 0.3) is 0 Å². The summed E-state index contributed by atoms with van der Waals surface area (Å²) in [6.07, 6.45) is -1.46. The Kier molecular flexibility index (Phi) is 4.56. The second-order valence-corrected chi connectivity index (χ2v) is 4.12. The number of hydrogen-bond donors (Lipinski definition) is 1. The lowest BCUT2D eigenvalue weighted by Gasteiger charge is -2.11. The Morgan fingerprint density at radius 1 is 0.952 bits per heavy atom. The molecular weight excluding hydrogens is 272 g/mol. The molecule has 0 aliphatic carbocycles. The number of rotatable bonds is 5. The molecule has 2 aromatic rings. The van der Waals surface area contributed by atoms with Crippen molar-refractivity contribution < 1.29 is 24.2 Å². The molecule has 0 aliphatic heterocycles. The van der Waals surface area contributed by atoms with Crippen molar-refractivity contribution >= 4 is 11.9 Å². The van der Waals surface area contributed by atoms with Crippen molar-refractivity contribution in [2.24, 2.45) is 0 Å². The Balaban J connectivity index is 2.43. The number of benzene rings is 2. The first-order chi connectivity index (χ1) is 10.1. The van der Waals surface area contributed by atoms with Gasteiger partial charge in [-0.2, -0.15) is 0 Å². The van der Waals surface area contributed by atoms with Gasteiger partial charge in [0.05, 0.1) is 17.7 Å². The van der Waals surface area contributed by atoms with Gasteiger partial charge in [-0.3, -0.25) is 4.79 Å². The van der Waals surface area contributed by atoms with E-state index in [9.17, 15) is 9.59 Å². The van der Waals surface area contributed by atoms with Crippen LogP contribution in [0.5, 0.6) is 11.5 Å². The van der Waals surface area contributed by atoms with Crippen molar-refractivity contribution in [3.05, 3.63) is 59.7 Å². The maximum Gasteiger partial charge on any atom is 0.511 e. The minimum absolute atomic E-state index is 0.00121. The highest BCUT2D eigenvalue weighted by Gasteiger charge is 2.19. The van der Waals surface area contributed by atoms with Crippen molar-refractivity contribution in [3.8, 4) is 11.5 Å². The van der Waals surface area contributed by atoms with E-state index >= 15 is 0 Å². The maximum absolute atomic E-state index is 12.6. The van der Waals surface area contributed by atoms with Gasteiger partial charge in [0.2, 0.25) is 5.78 Å². The molecule has 0 fully saturated rings. The second-order valence-electron chi connectivity index (χ2n) is 4.12. The SMILES string of the molecule is CCOc1ccccc1C(=O)c1ccccc1OC(=O)O. The Labute approximate surface area is 121 Å². The summed E-state index contributed by atoms with van der Waals surface area (Å²) in [6, 6.07) is 13.0. The standard InChI is InChI=1S/C16H14O5/c1-2-20-13-9-5-3-7-11(13)15(17)12-8-4-6-10-14(12)21-16(18)19/h3-10H,2H2,1H3,(H,18,19). The third kappa shape index (κ3) is 3.39. The summed E-state index contributed by atoms with van der Waals surface area (Å²) in [6.45, 7) is 2.25. The summed E-state index contributed by atoms with van der Waals surface area (Å²) in [4.78, 5) is 23.3. The number of carbonyl (C=O) groups excluding carboxylic acids is 1. The van der Waals surface area contributed by atoms with Crippen LogP contribution >= 0.6 is 0 Å². The van der Waals surface area contributed by atoms with E-state index in [0.717, 1.165) is 0 Å². The van der Waals surface area contributed by atoms with Crippen molar-refractivity contribution in [2.45, 2.75) is 6.92 Å². The Bertz CT molecular complexity index is 663. The van der Waals surface area contributed by atoms with Gasteiger partial charge in [-0.15, -0.1) is 0 Å². The van der Waals surface area contributed by atoms with Gasteiger partial charge in [-0.1, -0.05) is 24.3 Å². The van der Waals surface area contributed by atoms with Crippen LogP contribution in [0.4, 0.5) is 4.79 Å². The zero-order valence-corrected chi connectivity index (χ0v) is 11.4. The number of carboxylic acid groups (broad SMARTS) is 1. The largest absolute Gasteiger partial charge is 0.511 e. The highest BCUT2D eigenvalue weighted by molar-refractivity contribution is 6.12. The molecule has 0 saturated carbocycles. The van der Waals surface area contributed by atoms with E-state index in [4.69, 9.17) is 9.84 Å². The van der Waals surface area contributed by atoms with Crippen LogP contribution in [0.2, 0.25) is 0 Å². The molecular formula is C16H14O5. The molecule has 0 aliphatic rings. The van der Waals surface area contributed by atoms with E-state index in [0.29, 0.717) is 17.9 Å². The van der Waals surface area contributed by atoms with E-state index in [-0.39, 0.29) is 17.1 Å². The van der Waals surface area contributed by atoms with Gasteiger partial charge in [0.25, 0.3) is 0 Å². The Hall–Kier alpha value is -2.82. The molecule has 108 valence electrons. The summed E-state index contributed by atoms with van der Waals surface area (Å²) in [5.74, 6) is 0.104. The van der Waals surface area contributed by atoms with E-state index in [1.54, 1.807) is 36.4 Å². The van der Waals surface area contributed by atoms with E-state index in [1.807, 2.05) is 6.92 Å².